The first-order valence-corrected chi connectivity index (χ1v) is 8.19. The van der Waals surface area contributed by atoms with E-state index in [1.165, 1.54) is 11.1 Å². The van der Waals surface area contributed by atoms with E-state index in [4.69, 9.17) is 11.6 Å². The maximum Gasteiger partial charge on any atom is 0.258 e. The van der Waals surface area contributed by atoms with Gasteiger partial charge in [0.25, 0.3) is 5.91 Å². The van der Waals surface area contributed by atoms with Crippen LogP contribution < -0.4 is 10.6 Å². The summed E-state index contributed by atoms with van der Waals surface area (Å²) in [5.74, 6) is 0.686. The van der Waals surface area contributed by atoms with Crippen molar-refractivity contribution in [3.63, 3.8) is 0 Å². The minimum Gasteiger partial charge on any atom is -0.364 e. The van der Waals surface area contributed by atoms with E-state index in [1.807, 2.05) is 12.1 Å². The average Bonchev–Trinajstić information content (AvgIpc) is 2.62. The van der Waals surface area contributed by atoms with Gasteiger partial charge in [0.15, 0.2) is 5.82 Å². The third kappa shape index (κ3) is 4.33. The second-order valence-electron chi connectivity index (χ2n) is 5.52. The molecule has 1 aromatic heterocycles. The Morgan fingerprint density at radius 1 is 0.960 bits per heavy atom. The first-order valence-electron chi connectivity index (χ1n) is 7.81. The molecule has 0 radical (unpaired) electrons. The maximum atomic E-state index is 12.2. The first kappa shape index (κ1) is 16.9. The van der Waals surface area contributed by atoms with Gasteiger partial charge in [0.05, 0.1) is 10.6 Å². The number of hydrogen-bond acceptors (Lipinski definition) is 4. The highest BCUT2D eigenvalue weighted by molar-refractivity contribution is 6.34. The van der Waals surface area contributed by atoms with Crippen LogP contribution in [0.25, 0.3) is 0 Å². The minimum absolute atomic E-state index is 0.319. The van der Waals surface area contributed by atoms with Crippen molar-refractivity contribution in [2.75, 3.05) is 10.6 Å². The van der Waals surface area contributed by atoms with Crippen LogP contribution in [-0.4, -0.2) is 16.1 Å². The molecule has 25 heavy (non-hydrogen) atoms. The van der Waals surface area contributed by atoms with E-state index in [1.54, 1.807) is 36.4 Å². The fourth-order valence-corrected chi connectivity index (χ4v) is 2.54. The Hall–Kier alpha value is -2.92. The van der Waals surface area contributed by atoms with Crippen molar-refractivity contribution in [3.05, 3.63) is 82.4 Å². The lowest BCUT2D eigenvalue weighted by molar-refractivity contribution is 0.102. The Kier molecular flexibility index (Phi) is 5.26. The van der Waals surface area contributed by atoms with Gasteiger partial charge in [0.2, 0.25) is 0 Å². The molecule has 5 nitrogen and oxygen atoms in total. The topological polar surface area (TPSA) is 66.9 Å². The number of halogens is 1. The lowest BCUT2D eigenvalue weighted by atomic mass is 10.1. The first-order chi connectivity index (χ1) is 12.1. The zero-order chi connectivity index (χ0) is 17.6. The lowest BCUT2D eigenvalue weighted by Gasteiger charge is -2.09. The molecule has 0 fully saturated rings. The van der Waals surface area contributed by atoms with Crippen molar-refractivity contribution in [1.29, 1.82) is 0 Å². The molecule has 0 saturated heterocycles. The lowest BCUT2D eigenvalue weighted by Crippen LogP contribution is -2.14. The van der Waals surface area contributed by atoms with Gasteiger partial charge in [-0.2, -0.15) is 0 Å². The van der Waals surface area contributed by atoms with E-state index >= 15 is 0 Å². The normalized spacial score (nSPS) is 10.3. The van der Waals surface area contributed by atoms with Gasteiger partial charge in [0.1, 0.15) is 5.82 Å². The van der Waals surface area contributed by atoms with E-state index in [9.17, 15) is 4.79 Å². The van der Waals surface area contributed by atoms with Crippen molar-refractivity contribution in [2.45, 2.75) is 13.5 Å². The van der Waals surface area contributed by atoms with Gasteiger partial charge >= 0.3 is 0 Å². The fourth-order valence-electron chi connectivity index (χ4n) is 2.32. The van der Waals surface area contributed by atoms with Crippen LogP contribution in [0.15, 0.2) is 60.7 Å². The number of hydrogen-bond donors (Lipinski definition) is 2. The third-order valence-electron chi connectivity index (χ3n) is 3.75. The Morgan fingerprint density at radius 2 is 1.64 bits per heavy atom. The SMILES string of the molecule is Cc1ccccc1CNc1ccc(NC(=O)c2ccccc2Cl)nn1. The van der Waals surface area contributed by atoms with E-state index in [0.717, 1.165) is 0 Å². The summed E-state index contributed by atoms with van der Waals surface area (Å²) in [4.78, 5) is 12.2. The van der Waals surface area contributed by atoms with Crippen LogP contribution in [0.2, 0.25) is 5.02 Å². The second-order valence-corrected chi connectivity index (χ2v) is 5.93. The number of aromatic nitrogens is 2. The second kappa shape index (κ2) is 7.77. The predicted molar refractivity (Wildman–Crippen MR) is 99.9 cm³/mol. The standard InChI is InChI=1S/C19H17ClN4O/c1-13-6-2-3-7-14(13)12-21-17-10-11-18(24-23-17)22-19(25)15-8-4-5-9-16(15)20/h2-11H,12H2,1H3,(H,21,23)(H,22,24,25). The third-order valence-corrected chi connectivity index (χ3v) is 4.08. The van der Waals surface area contributed by atoms with Crippen LogP contribution >= 0.6 is 11.6 Å². The summed E-state index contributed by atoms with van der Waals surface area (Å²) < 4.78 is 0. The Bertz CT molecular complexity index is 881. The number of nitrogens with zero attached hydrogens (tertiary/aromatic N) is 2. The Labute approximate surface area is 151 Å². The molecular weight excluding hydrogens is 336 g/mol. The highest BCUT2D eigenvalue weighted by atomic mass is 35.5. The van der Waals surface area contributed by atoms with Crippen molar-refractivity contribution in [3.8, 4) is 0 Å². The summed E-state index contributed by atoms with van der Waals surface area (Å²) in [7, 11) is 0. The molecule has 1 amide bonds. The van der Waals surface area contributed by atoms with E-state index < -0.39 is 0 Å². The van der Waals surface area contributed by atoms with E-state index in [-0.39, 0.29) is 5.91 Å². The fraction of sp³-hybridized carbons (Fsp3) is 0.105. The molecule has 3 aromatic rings. The molecular formula is C19H17ClN4O. The van der Waals surface area contributed by atoms with Crippen LogP contribution in [0.1, 0.15) is 21.5 Å². The smallest absolute Gasteiger partial charge is 0.258 e. The van der Waals surface area contributed by atoms with Crippen molar-refractivity contribution < 1.29 is 4.79 Å². The van der Waals surface area contributed by atoms with Crippen LogP contribution in [0, 0.1) is 6.92 Å². The Morgan fingerprint density at radius 3 is 2.36 bits per heavy atom. The van der Waals surface area contributed by atoms with Crippen LogP contribution in [0.4, 0.5) is 11.6 Å². The quantitative estimate of drug-likeness (QED) is 0.718. The van der Waals surface area contributed by atoms with E-state index in [0.29, 0.717) is 28.8 Å². The molecule has 0 spiro atoms. The number of benzene rings is 2. The van der Waals surface area contributed by atoms with E-state index in [2.05, 4.69) is 39.9 Å². The molecule has 0 aliphatic carbocycles. The summed E-state index contributed by atoms with van der Waals surface area (Å²) in [5.41, 5.74) is 2.81. The summed E-state index contributed by atoms with van der Waals surface area (Å²) in [6.45, 7) is 2.72. The summed E-state index contributed by atoms with van der Waals surface area (Å²) in [6.07, 6.45) is 0. The highest BCUT2D eigenvalue weighted by Crippen LogP contribution is 2.17. The molecule has 1 heterocycles. The summed E-state index contributed by atoms with van der Waals surface area (Å²) in [6, 6.07) is 18.5. The number of aryl methyl sites for hydroxylation is 1. The molecule has 0 aliphatic heterocycles. The summed E-state index contributed by atoms with van der Waals surface area (Å²) >= 11 is 6.02. The maximum absolute atomic E-state index is 12.2. The molecule has 0 unspecified atom stereocenters. The zero-order valence-electron chi connectivity index (χ0n) is 13.7. The molecule has 3 rings (SSSR count). The molecule has 126 valence electrons. The minimum atomic E-state index is -0.319. The number of nitrogens with one attached hydrogen (secondary N) is 2. The summed E-state index contributed by atoms with van der Waals surface area (Å²) in [5, 5.41) is 14.4. The van der Waals surface area contributed by atoms with Gasteiger partial charge < -0.3 is 10.6 Å². The van der Waals surface area contributed by atoms with Gasteiger partial charge in [-0.1, -0.05) is 48.0 Å². The Balaban J connectivity index is 1.62. The monoisotopic (exact) mass is 352 g/mol. The van der Waals surface area contributed by atoms with Crippen LogP contribution in [-0.2, 0) is 6.54 Å². The highest BCUT2D eigenvalue weighted by Gasteiger charge is 2.10. The van der Waals surface area contributed by atoms with Crippen molar-refractivity contribution in [1.82, 2.24) is 10.2 Å². The molecule has 0 aliphatic rings. The van der Waals surface area contributed by atoms with Crippen LogP contribution in [0.3, 0.4) is 0 Å². The van der Waals surface area contributed by atoms with Gasteiger partial charge in [-0.25, -0.2) is 0 Å². The van der Waals surface area contributed by atoms with Crippen molar-refractivity contribution >= 4 is 29.1 Å². The molecule has 0 atom stereocenters. The van der Waals surface area contributed by atoms with Gasteiger partial charge in [0, 0.05) is 6.54 Å². The molecule has 2 N–H and O–H groups in total. The predicted octanol–water partition coefficient (Wildman–Crippen LogP) is 4.30. The van der Waals surface area contributed by atoms with Crippen molar-refractivity contribution in [2.24, 2.45) is 0 Å². The molecule has 2 aromatic carbocycles. The zero-order valence-corrected chi connectivity index (χ0v) is 14.4. The molecule has 0 saturated carbocycles. The number of amides is 1. The number of carbonyl (C=O) groups is 1. The number of carbonyl (C=O) groups excluding carboxylic acids is 1. The number of anilines is 2. The average molecular weight is 353 g/mol. The molecule has 0 bridgehead atoms. The molecule has 6 heteroatoms. The van der Waals surface area contributed by atoms with Gasteiger partial charge in [-0.3, -0.25) is 4.79 Å². The number of rotatable bonds is 5. The van der Waals surface area contributed by atoms with Crippen LogP contribution in [0.5, 0.6) is 0 Å². The van der Waals surface area contributed by atoms with Gasteiger partial charge in [-0.15, -0.1) is 10.2 Å². The largest absolute Gasteiger partial charge is 0.364 e. The van der Waals surface area contributed by atoms with Gasteiger partial charge in [-0.05, 0) is 42.3 Å².